The second-order valence-electron chi connectivity index (χ2n) is 7.82. The predicted octanol–water partition coefficient (Wildman–Crippen LogP) is 6.24. The SMILES string of the molecule is O=C(N/N=C/c1ccc(C(=O)NCCc2c(Cl)cccc2Cl)c2ccccc12)c1ccc(O)c(Cl)c1. The molecule has 2 amide bonds. The van der Waals surface area contributed by atoms with Gasteiger partial charge in [-0.1, -0.05) is 71.2 Å². The lowest BCUT2D eigenvalue weighted by Crippen LogP contribution is -2.26. The number of carbonyl (C=O) groups is 2. The fourth-order valence-electron chi connectivity index (χ4n) is 3.67. The van der Waals surface area contributed by atoms with Crippen molar-refractivity contribution in [1.29, 1.82) is 0 Å². The number of hydrogen-bond acceptors (Lipinski definition) is 4. The molecule has 0 aliphatic heterocycles. The summed E-state index contributed by atoms with van der Waals surface area (Å²) in [6.45, 7) is 0.368. The Kier molecular flexibility index (Phi) is 8.10. The van der Waals surface area contributed by atoms with Crippen molar-refractivity contribution in [2.75, 3.05) is 6.54 Å². The second kappa shape index (κ2) is 11.4. The highest BCUT2D eigenvalue weighted by atomic mass is 35.5. The molecule has 0 heterocycles. The van der Waals surface area contributed by atoms with Crippen molar-refractivity contribution in [2.24, 2.45) is 5.10 Å². The molecule has 0 unspecified atom stereocenters. The van der Waals surface area contributed by atoms with Gasteiger partial charge in [-0.05, 0) is 59.2 Å². The number of aromatic hydroxyl groups is 1. The highest BCUT2D eigenvalue weighted by Gasteiger charge is 2.13. The van der Waals surface area contributed by atoms with Crippen molar-refractivity contribution in [1.82, 2.24) is 10.7 Å². The summed E-state index contributed by atoms with van der Waals surface area (Å²) in [5.74, 6) is -0.817. The molecule has 4 rings (SSSR count). The number of nitrogens with zero attached hydrogens (tertiary/aromatic N) is 1. The third-order valence-corrected chi connectivity index (χ3v) is 6.52. The van der Waals surface area contributed by atoms with Crippen LogP contribution in [0.3, 0.4) is 0 Å². The van der Waals surface area contributed by atoms with Crippen molar-refractivity contribution >= 4 is 63.6 Å². The van der Waals surface area contributed by atoms with Crippen LogP contribution >= 0.6 is 34.8 Å². The number of phenols is 1. The van der Waals surface area contributed by atoms with Crippen LogP contribution in [0.4, 0.5) is 0 Å². The molecule has 0 spiro atoms. The maximum Gasteiger partial charge on any atom is 0.271 e. The third-order valence-electron chi connectivity index (χ3n) is 5.50. The van der Waals surface area contributed by atoms with Crippen LogP contribution < -0.4 is 10.7 Å². The number of carbonyl (C=O) groups excluding carboxylic acids is 2. The smallest absolute Gasteiger partial charge is 0.271 e. The van der Waals surface area contributed by atoms with E-state index in [1.807, 2.05) is 24.3 Å². The lowest BCUT2D eigenvalue weighted by Gasteiger charge is -2.11. The predicted molar refractivity (Wildman–Crippen MR) is 145 cm³/mol. The Bertz CT molecular complexity index is 1470. The van der Waals surface area contributed by atoms with Crippen molar-refractivity contribution in [3.05, 3.63) is 110 Å². The van der Waals surface area contributed by atoms with Gasteiger partial charge in [-0.15, -0.1) is 0 Å². The molecule has 0 saturated heterocycles. The molecule has 6 nitrogen and oxygen atoms in total. The lowest BCUT2D eigenvalue weighted by molar-refractivity contribution is 0.0947. The minimum atomic E-state index is -0.480. The summed E-state index contributed by atoms with van der Waals surface area (Å²) in [4.78, 5) is 25.3. The minimum Gasteiger partial charge on any atom is -0.506 e. The van der Waals surface area contributed by atoms with Gasteiger partial charge in [0, 0.05) is 33.3 Å². The van der Waals surface area contributed by atoms with E-state index in [-0.39, 0.29) is 22.2 Å². The second-order valence-corrected chi connectivity index (χ2v) is 9.04. The summed E-state index contributed by atoms with van der Waals surface area (Å²) >= 11 is 18.3. The molecule has 36 heavy (non-hydrogen) atoms. The molecule has 4 aromatic rings. The topological polar surface area (TPSA) is 90.8 Å². The quantitative estimate of drug-likeness (QED) is 0.191. The largest absolute Gasteiger partial charge is 0.506 e. The average Bonchev–Trinajstić information content (AvgIpc) is 2.87. The van der Waals surface area contributed by atoms with Crippen molar-refractivity contribution in [3.8, 4) is 5.75 Å². The third kappa shape index (κ3) is 5.79. The van der Waals surface area contributed by atoms with Gasteiger partial charge >= 0.3 is 0 Å². The van der Waals surface area contributed by atoms with Crippen molar-refractivity contribution in [2.45, 2.75) is 6.42 Å². The van der Waals surface area contributed by atoms with Crippen LogP contribution in [-0.4, -0.2) is 29.7 Å². The number of amides is 2. The van der Waals surface area contributed by atoms with Crippen LogP contribution in [0.25, 0.3) is 10.8 Å². The maximum atomic E-state index is 12.9. The molecular formula is C27H20Cl3N3O3. The molecule has 0 atom stereocenters. The summed E-state index contributed by atoms with van der Waals surface area (Å²) in [5, 5.41) is 19.2. The van der Waals surface area contributed by atoms with E-state index in [0.29, 0.717) is 34.1 Å². The van der Waals surface area contributed by atoms with Gasteiger partial charge in [0.05, 0.1) is 11.2 Å². The summed E-state index contributed by atoms with van der Waals surface area (Å²) in [7, 11) is 0. The summed E-state index contributed by atoms with van der Waals surface area (Å²) in [6, 6.07) is 20.3. The molecule has 182 valence electrons. The number of benzene rings is 4. The molecule has 0 aliphatic carbocycles. The Morgan fingerprint density at radius 3 is 2.28 bits per heavy atom. The average molecular weight is 541 g/mol. The van der Waals surface area contributed by atoms with Gasteiger partial charge in [-0.2, -0.15) is 5.10 Å². The summed E-state index contributed by atoms with van der Waals surface area (Å²) in [5.41, 5.74) is 4.71. The Labute approximate surface area is 222 Å². The zero-order valence-electron chi connectivity index (χ0n) is 18.8. The highest BCUT2D eigenvalue weighted by Crippen LogP contribution is 2.26. The Morgan fingerprint density at radius 1 is 0.833 bits per heavy atom. The van der Waals surface area contributed by atoms with Crippen LogP contribution in [0, 0.1) is 0 Å². The Balaban J connectivity index is 1.47. The number of fused-ring (bicyclic) bond motifs is 1. The Morgan fingerprint density at radius 2 is 1.56 bits per heavy atom. The standard InChI is InChI=1S/C27H20Cl3N3O3/c28-22-6-3-7-23(29)21(22)12-13-31-27(36)20-10-8-17(18-4-1-2-5-19(18)20)15-32-33-26(35)16-9-11-25(34)24(30)14-16/h1-11,14-15,34H,12-13H2,(H,31,36)(H,33,35)/b32-15+. The zero-order valence-corrected chi connectivity index (χ0v) is 21.0. The van der Waals surface area contributed by atoms with E-state index in [9.17, 15) is 14.7 Å². The first kappa shape index (κ1) is 25.5. The van der Waals surface area contributed by atoms with Gasteiger partial charge in [-0.3, -0.25) is 9.59 Å². The first-order valence-electron chi connectivity index (χ1n) is 10.9. The van der Waals surface area contributed by atoms with Gasteiger partial charge in [0.25, 0.3) is 11.8 Å². The maximum absolute atomic E-state index is 12.9. The van der Waals surface area contributed by atoms with Crippen LogP contribution in [0.1, 0.15) is 31.8 Å². The number of nitrogens with one attached hydrogen (secondary N) is 2. The fraction of sp³-hybridized carbons (Fsp3) is 0.0741. The van der Waals surface area contributed by atoms with Gasteiger partial charge in [0.2, 0.25) is 0 Å². The van der Waals surface area contributed by atoms with Gasteiger partial charge in [0.1, 0.15) is 5.75 Å². The fourth-order valence-corrected chi connectivity index (χ4v) is 4.44. The molecule has 0 saturated carbocycles. The monoisotopic (exact) mass is 539 g/mol. The normalized spacial score (nSPS) is 11.1. The minimum absolute atomic E-state index is 0.0708. The van der Waals surface area contributed by atoms with Crippen LogP contribution in [0.15, 0.2) is 77.9 Å². The van der Waals surface area contributed by atoms with E-state index in [1.165, 1.54) is 24.4 Å². The molecule has 3 N–H and O–H groups in total. The van der Waals surface area contributed by atoms with Crippen molar-refractivity contribution < 1.29 is 14.7 Å². The number of halogens is 3. The molecule has 4 aromatic carbocycles. The van der Waals surface area contributed by atoms with Gasteiger partial charge < -0.3 is 10.4 Å². The van der Waals surface area contributed by atoms with Gasteiger partial charge in [-0.25, -0.2) is 5.43 Å². The van der Waals surface area contributed by atoms with E-state index in [4.69, 9.17) is 34.8 Å². The molecule has 0 bridgehead atoms. The van der Waals surface area contributed by atoms with E-state index < -0.39 is 5.91 Å². The zero-order chi connectivity index (χ0) is 25.7. The lowest BCUT2D eigenvalue weighted by atomic mass is 9.99. The van der Waals surface area contributed by atoms with Crippen molar-refractivity contribution in [3.63, 3.8) is 0 Å². The Hall–Kier alpha value is -3.58. The van der Waals surface area contributed by atoms with Crippen LogP contribution in [0.2, 0.25) is 15.1 Å². The first-order chi connectivity index (χ1) is 17.3. The van der Waals surface area contributed by atoms with E-state index >= 15 is 0 Å². The molecule has 0 radical (unpaired) electrons. The first-order valence-corrected chi connectivity index (χ1v) is 12.0. The number of phenolic OH excluding ortho intramolecular Hbond substituents is 1. The van der Waals surface area contributed by atoms with E-state index in [0.717, 1.165) is 16.3 Å². The molecule has 0 fully saturated rings. The van der Waals surface area contributed by atoms with Gasteiger partial charge in [0.15, 0.2) is 0 Å². The number of hydrogen-bond donors (Lipinski definition) is 3. The van der Waals surface area contributed by atoms with Crippen LogP contribution in [0.5, 0.6) is 5.75 Å². The molecule has 9 heteroatoms. The highest BCUT2D eigenvalue weighted by molar-refractivity contribution is 6.36. The molecule has 0 aliphatic rings. The van der Waals surface area contributed by atoms with E-state index in [1.54, 1.807) is 30.3 Å². The molecule has 0 aromatic heterocycles. The summed E-state index contributed by atoms with van der Waals surface area (Å²) in [6.07, 6.45) is 2.00. The summed E-state index contributed by atoms with van der Waals surface area (Å²) < 4.78 is 0. The van der Waals surface area contributed by atoms with Crippen LogP contribution in [-0.2, 0) is 6.42 Å². The number of hydrazone groups is 1. The number of rotatable bonds is 7. The molecular weight excluding hydrogens is 521 g/mol. The van der Waals surface area contributed by atoms with E-state index in [2.05, 4.69) is 15.8 Å².